The zero-order valence-corrected chi connectivity index (χ0v) is 10.8. The Kier molecular flexibility index (Phi) is 2.02. The highest BCUT2D eigenvalue weighted by Crippen LogP contribution is 2.44. The predicted octanol–water partition coefficient (Wildman–Crippen LogP) is 2.70. The summed E-state index contributed by atoms with van der Waals surface area (Å²) in [4.78, 5) is 23.9. The summed E-state index contributed by atoms with van der Waals surface area (Å²) in [6.07, 6.45) is 0. The van der Waals surface area contributed by atoms with Gasteiger partial charge in [-0.05, 0) is 17.2 Å². The minimum atomic E-state index is -0.372. The van der Waals surface area contributed by atoms with Gasteiger partial charge < -0.3 is 0 Å². The Morgan fingerprint density at radius 2 is 1.70 bits per heavy atom. The van der Waals surface area contributed by atoms with E-state index >= 15 is 0 Å². The second-order valence-corrected chi connectivity index (χ2v) is 4.86. The van der Waals surface area contributed by atoms with Crippen LogP contribution in [-0.4, -0.2) is 15.7 Å². The van der Waals surface area contributed by atoms with Gasteiger partial charge in [0.05, 0.1) is 5.39 Å². The summed E-state index contributed by atoms with van der Waals surface area (Å²) < 4.78 is 0.948. The molecule has 96 valence electrons. The van der Waals surface area contributed by atoms with Gasteiger partial charge in [-0.2, -0.15) is 9.78 Å². The molecule has 1 aromatic heterocycles. The molecule has 0 saturated carbocycles. The Bertz CT molecular complexity index is 954. The summed E-state index contributed by atoms with van der Waals surface area (Å²) in [5, 5.41) is 5.65. The first-order chi connectivity index (χ1) is 9.68. The van der Waals surface area contributed by atoms with E-state index in [1.807, 2.05) is 36.4 Å². The number of hydrogen-bond donors (Lipinski definition) is 0. The lowest BCUT2D eigenvalue weighted by molar-refractivity contribution is 0.0916. The molecule has 2 aromatic carbocycles. The van der Waals surface area contributed by atoms with Crippen LogP contribution in [0.5, 0.6) is 0 Å². The summed E-state index contributed by atoms with van der Waals surface area (Å²) in [6.45, 7) is 1.34. The molecule has 0 bridgehead atoms. The van der Waals surface area contributed by atoms with E-state index in [1.54, 1.807) is 6.07 Å². The smallest absolute Gasteiger partial charge is 0.273 e. The quantitative estimate of drug-likeness (QED) is 0.489. The average molecular weight is 262 g/mol. The maximum Gasteiger partial charge on any atom is 0.281 e. The van der Waals surface area contributed by atoms with E-state index in [4.69, 9.17) is 0 Å². The summed E-state index contributed by atoms with van der Waals surface area (Å²) in [5.74, 6) is -0.372. The normalized spacial score (nSPS) is 11.7. The first kappa shape index (κ1) is 11.1. The highest BCUT2D eigenvalue weighted by molar-refractivity contribution is 6.13. The number of nitrogens with zero attached hydrogens (tertiary/aromatic N) is 2. The highest BCUT2D eigenvalue weighted by atomic mass is 16.2. The predicted molar refractivity (Wildman–Crippen MR) is 76.7 cm³/mol. The molecule has 0 spiro atoms. The van der Waals surface area contributed by atoms with Crippen LogP contribution in [0.15, 0.2) is 47.3 Å². The molecule has 0 atom stereocenters. The Labute approximate surface area is 114 Å². The van der Waals surface area contributed by atoms with Crippen molar-refractivity contribution in [1.82, 2.24) is 9.78 Å². The number of carbonyl (C=O) groups excluding carboxylic acids is 1. The van der Waals surface area contributed by atoms with Gasteiger partial charge in [-0.15, -0.1) is 0 Å². The van der Waals surface area contributed by atoms with Crippen LogP contribution in [0.1, 0.15) is 11.7 Å². The molecular formula is C16H10N2O2. The lowest BCUT2D eigenvalue weighted by Gasteiger charge is -2.05. The lowest BCUT2D eigenvalue weighted by Crippen LogP contribution is -2.27. The van der Waals surface area contributed by atoms with Gasteiger partial charge in [-0.3, -0.25) is 9.59 Å². The van der Waals surface area contributed by atoms with E-state index in [-0.39, 0.29) is 11.5 Å². The van der Waals surface area contributed by atoms with Gasteiger partial charge in [0.2, 0.25) is 5.91 Å². The summed E-state index contributed by atoms with van der Waals surface area (Å²) in [7, 11) is 0. The molecule has 0 N–H and O–H groups in total. The van der Waals surface area contributed by atoms with Crippen LogP contribution < -0.4 is 5.56 Å². The van der Waals surface area contributed by atoms with E-state index in [0.29, 0.717) is 11.1 Å². The first-order valence-electron chi connectivity index (χ1n) is 6.35. The largest absolute Gasteiger partial charge is 0.281 e. The zero-order valence-electron chi connectivity index (χ0n) is 10.8. The van der Waals surface area contributed by atoms with Crippen LogP contribution in [0.3, 0.4) is 0 Å². The van der Waals surface area contributed by atoms with Gasteiger partial charge in [0, 0.05) is 17.9 Å². The number of rotatable bonds is 0. The molecule has 20 heavy (non-hydrogen) atoms. The van der Waals surface area contributed by atoms with Crippen molar-refractivity contribution >= 4 is 16.7 Å². The highest BCUT2D eigenvalue weighted by Gasteiger charge is 2.25. The minimum absolute atomic E-state index is 0.356. The number of carbonyl (C=O) groups is 1. The standard InChI is InChI=1S/C16H10N2O2/c1-9(19)18-16(20)13-8-4-7-11-10-5-2-3-6-12(10)15(17-18)14(11)13/h2-8H,1H3. The van der Waals surface area contributed by atoms with E-state index < -0.39 is 0 Å². The zero-order chi connectivity index (χ0) is 13.9. The van der Waals surface area contributed by atoms with E-state index in [9.17, 15) is 9.59 Å². The summed E-state index contributed by atoms with van der Waals surface area (Å²) in [6, 6.07) is 13.4. The van der Waals surface area contributed by atoms with E-state index in [1.165, 1.54) is 6.92 Å². The summed E-state index contributed by atoms with van der Waals surface area (Å²) >= 11 is 0. The molecule has 0 radical (unpaired) electrons. The average Bonchev–Trinajstić information content (AvgIpc) is 2.78. The van der Waals surface area contributed by atoms with Crippen LogP contribution in [0.4, 0.5) is 0 Å². The Hall–Kier alpha value is -2.75. The van der Waals surface area contributed by atoms with Crippen LogP contribution in [-0.2, 0) is 0 Å². The summed E-state index contributed by atoms with van der Waals surface area (Å²) in [5.41, 5.74) is 3.38. The molecule has 0 unspecified atom stereocenters. The molecule has 1 aliphatic rings. The van der Waals surface area contributed by atoms with Crippen molar-refractivity contribution in [3.05, 3.63) is 52.8 Å². The Balaban J connectivity index is 2.29. The second kappa shape index (κ2) is 3.63. The molecule has 1 aliphatic carbocycles. The van der Waals surface area contributed by atoms with Gasteiger partial charge in [-0.1, -0.05) is 36.4 Å². The molecule has 3 aromatic rings. The van der Waals surface area contributed by atoms with Gasteiger partial charge in [0.15, 0.2) is 0 Å². The SMILES string of the molecule is CC(=O)n1nc2c3c(cccc3c1=O)-c1ccccc1-2. The maximum absolute atomic E-state index is 12.3. The van der Waals surface area contributed by atoms with Gasteiger partial charge in [-0.25, -0.2) is 0 Å². The minimum Gasteiger partial charge on any atom is -0.273 e. The van der Waals surface area contributed by atoms with Crippen molar-refractivity contribution in [2.75, 3.05) is 0 Å². The molecule has 0 fully saturated rings. The van der Waals surface area contributed by atoms with Crippen molar-refractivity contribution in [3.8, 4) is 22.4 Å². The molecule has 4 nitrogen and oxygen atoms in total. The first-order valence-corrected chi connectivity index (χ1v) is 6.35. The molecule has 0 saturated heterocycles. The van der Waals surface area contributed by atoms with Crippen molar-refractivity contribution in [2.45, 2.75) is 6.92 Å². The number of fused-ring (bicyclic) bond motifs is 3. The topological polar surface area (TPSA) is 52.0 Å². The van der Waals surface area contributed by atoms with E-state index in [2.05, 4.69) is 5.10 Å². The third-order valence-electron chi connectivity index (χ3n) is 3.69. The maximum atomic E-state index is 12.3. The fourth-order valence-electron chi connectivity index (χ4n) is 2.85. The van der Waals surface area contributed by atoms with Crippen LogP contribution in [0.25, 0.3) is 33.2 Å². The van der Waals surface area contributed by atoms with Crippen LogP contribution in [0.2, 0.25) is 0 Å². The number of benzene rings is 2. The van der Waals surface area contributed by atoms with Crippen molar-refractivity contribution in [3.63, 3.8) is 0 Å². The van der Waals surface area contributed by atoms with Crippen LogP contribution in [0, 0.1) is 0 Å². The van der Waals surface area contributed by atoms with Gasteiger partial charge in [0.25, 0.3) is 5.56 Å². The number of aromatic nitrogens is 2. The molecule has 0 amide bonds. The Morgan fingerprint density at radius 3 is 2.45 bits per heavy atom. The van der Waals surface area contributed by atoms with Gasteiger partial charge >= 0.3 is 0 Å². The van der Waals surface area contributed by atoms with Gasteiger partial charge in [0.1, 0.15) is 5.69 Å². The number of hydrogen-bond acceptors (Lipinski definition) is 3. The molecular weight excluding hydrogens is 252 g/mol. The third-order valence-corrected chi connectivity index (χ3v) is 3.69. The molecule has 4 rings (SSSR count). The molecule has 1 heterocycles. The Morgan fingerprint density at radius 1 is 1.00 bits per heavy atom. The van der Waals surface area contributed by atoms with Crippen molar-refractivity contribution in [2.24, 2.45) is 0 Å². The van der Waals surface area contributed by atoms with E-state index in [0.717, 1.165) is 26.8 Å². The lowest BCUT2D eigenvalue weighted by atomic mass is 10.0. The molecule has 0 aliphatic heterocycles. The van der Waals surface area contributed by atoms with Crippen molar-refractivity contribution in [1.29, 1.82) is 0 Å². The third kappa shape index (κ3) is 1.23. The fraction of sp³-hybridized carbons (Fsp3) is 0.0625. The second-order valence-electron chi connectivity index (χ2n) is 4.86. The molecule has 4 heteroatoms. The van der Waals surface area contributed by atoms with Crippen LogP contribution >= 0.6 is 0 Å². The fourth-order valence-corrected chi connectivity index (χ4v) is 2.85. The van der Waals surface area contributed by atoms with Crippen molar-refractivity contribution < 1.29 is 4.79 Å². The monoisotopic (exact) mass is 262 g/mol.